The second-order valence-corrected chi connectivity index (χ2v) is 5.59. The minimum Gasteiger partial charge on any atom is -0.508 e. The maximum atomic E-state index is 9.84. The molecule has 21 heavy (non-hydrogen) atoms. The van der Waals surface area contributed by atoms with E-state index in [0.717, 1.165) is 27.0 Å². The predicted molar refractivity (Wildman–Crippen MR) is 87.2 cm³/mol. The second-order valence-electron chi connectivity index (χ2n) is 4.68. The molecule has 0 amide bonds. The molecular formula is C16H14BrN3O. The van der Waals surface area contributed by atoms with Gasteiger partial charge < -0.3 is 10.4 Å². The molecule has 0 atom stereocenters. The lowest BCUT2D eigenvalue weighted by Crippen LogP contribution is -1.99. The minimum atomic E-state index is 0.287. The third kappa shape index (κ3) is 3.25. The predicted octanol–water partition coefficient (Wildman–Crippen LogP) is 4.16. The molecule has 0 saturated carbocycles. The van der Waals surface area contributed by atoms with Crippen LogP contribution in [0.5, 0.6) is 5.75 Å². The van der Waals surface area contributed by atoms with E-state index in [1.807, 2.05) is 42.5 Å². The first-order chi connectivity index (χ1) is 10.2. The van der Waals surface area contributed by atoms with Gasteiger partial charge in [0.15, 0.2) is 0 Å². The molecule has 1 heterocycles. The topological polar surface area (TPSA) is 60.9 Å². The third-order valence-corrected chi connectivity index (χ3v) is 3.69. The van der Waals surface area contributed by atoms with Gasteiger partial charge in [-0.2, -0.15) is 5.10 Å². The van der Waals surface area contributed by atoms with Crippen LogP contribution in [0.15, 0.2) is 59.2 Å². The van der Waals surface area contributed by atoms with Gasteiger partial charge in [-0.15, -0.1) is 0 Å². The molecule has 106 valence electrons. The molecule has 3 aromatic rings. The summed E-state index contributed by atoms with van der Waals surface area (Å²) in [5.41, 5.74) is 3.87. The normalized spacial score (nSPS) is 10.5. The van der Waals surface area contributed by atoms with Gasteiger partial charge in [0.05, 0.1) is 5.69 Å². The van der Waals surface area contributed by atoms with Crippen molar-refractivity contribution in [2.24, 2.45) is 0 Å². The summed E-state index contributed by atoms with van der Waals surface area (Å²) in [5, 5.41) is 20.1. The zero-order chi connectivity index (χ0) is 14.7. The van der Waals surface area contributed by atoms with E-state index < -0.39 is 0 Å². The number of halogens is 1. The van der Waals surface area contributed by atoms with Crippen molar-refractivity contribution < 1.29 is 5.11 Å². The zero-order valence-electron chi connectivity index (χ0n) is 11.2. The lowest BCUT2D eigenvalue weighted by atomic mass is 10.1. The van der Waals surface area contributed by atoms with Crippen molar-refractivity contribution in [3.8, 4) is 17.0 Å². The summed E-state index contributed by atoms with van der Waals surface area (Å²) < 4.78 is 0.948. The summed E-state index contributed by atoms with van der Waals surface area (Å²) >= 11 is 3.41. The van der Waals surface area contributed by atoms with Crippen molar-refractivity contribution in [2.45, 2.75) is 6.54 Å². The second kappa shape index (κ2) is 6.01. The van der Waals surface area contributed by atoms with Crippen molar-refractivity contribution in [1.29, 1.82) is 0 Å². The van der Waals surface area contributed by atoms with Gasteiger partial charge in [0.1, 0.15) is 5.75 Å². The molecule has 3 N–H and O–H groups in total. The number of nitrogens with zero attached hydrogens (tertiary/aromatic N) is 1. The Kier molecular flexibility index (Phi) is 3.92. The fraction of sp³-hybridized carbons (Fsp3) is 0.0625. The average molecular weight is 344 g/mol. The molecule has 0 aliphatic carbocycles. The van der Waals surface area contributed by atoms with Gasteiger partial charge in [-0.25, -0.2) is 0 Å². The van der Waals surface area contributed by atoms with Crippen LogP contribution < -0.4 is 5.32 Å². The SMILES string of the molecule is Oc1ccc(Br)cc1CNc1cccc(-c2ccn[nH]2)c1. The summed E-state index contributed by atoms with van der Waals surface area (Å²) in [4.78, 5) is 0. The van der Waals surface area contributed by atoms with Crippen LogP contribution in [0.1, 0.15) is 5.56 Å². The van der Waals surface area contributed by atoms with E-state index in [1.165, 1.54) is 0 Å². The molecule has 3 rings (SSSR count). The first-order valence-electron chi connectivity index (χ1n) is 6.53. The number of aromatic hydroxyl groups is 1. The smallest absolute Gasteiger partial charge is 0.120 e. The number of benzene rings is 2. The van der Waals surface area contributed by atoms with E-state index in [1.54, 1.807) is 12.3 Å². The van der Waals surface area contributed by atoms with Crippen molar-refractivity contribution in [3.63, 3.8) is 0 Å². The highest BCUT2D eigenvalue weighted by molar-refractivity contribution is 9.10. The van der Waals surface area contributed by atoms with Crippen molar-refractivity contribution in [2.75, 3.05) is 5.32 Å². The van der Waals surface area contributed by atoms with E-state index >= 15 is 0 Å². The van der Waals surface area contributed by atoms with Gasteiger partial charge in [0.25, 0.3) is 0 Å². The number of phenolic OH excluding ortho intramolecular Hbond substituents is 1. The molecule has 4 nitrogen and oxygen atoms in total. The van der Waals surface area contributed by atoms with Crippen LogP contribution in [0, 0.1) is 0 Å². The Morgan fingerprint density at radius 3 is 2.86 bits per heavy atom. The summed E-state index contributed by atoms with van der Waals surface area (Å²) in [6, 6.07) is 15.4. The van der Waals surface area contributed by atoms with Gasteiger partial charge in [-0.3, -0.25) is 5.10 Å². The number of H-pyrrole nitrogens is 1. The Balaban J connectivity index is 1.76. The Morgan fingerprint density at radius 2 is 2.05 bits per heavy atom. The molecule has 1 aromatic heterocycles. The largest absolute Gasteiger partial charge is 0.508 e. The minimum absolute atomic E-state index is 0.287. The van der Waals surface area contributed by atoms with E-state index in [0.29, 0.717) is 6.54 Å². The number of nitrogens with one attached hydrogen (secondary N) is 2. The highest BCUT2D eigenvalue weighted by Crippen LogP contribution is 2.24. The van der Waals surface area contributed by atoms with Crippen molar-refractivity contribution in [3.05, 3.63) is 64.8 Å². The fourth-order valence-corrected chi connectivity index (χ4v) is 2.51. The summed E-state index contributed by atoms with van der Waals surface area (Å²) in [6.45, 7) is 0.553. The van der Waals surface area contributed by atoms with Crippen LogP contribution in [0.25, 0.3) is 11.3 Å². The number of hydrogen-bond donors (Lipinski definition) is 3. The van der Waals surface area contributed by atoms with Gasteiger partial charge in [0.2, 0.25) is 0 Å². The van der Waals surface area contributed by atoms with Crippen LogP contribution in [0.4, 0.5) is 5.69 Å². The zero-order valence-corrected chi connectivity index (χ0v) is 12.8. The van der Waals surface area contributed by atoms with E-state index in [2.05, 4.69) is 31.4 Å². The Morgan fingerprint density at radius 1 is 1.14 bits per heavy atom. The molecule has 0 spiro atoms. The number of hydrogen-bond acceptors (Lipinski definition) is 3. The lowest BCUT2D eigenvalue weighted by Gasteiger charge is -2.09. The number of phenols is 1. The van der Waals surface area contributed by atoms with Crippen LogP contribution >= 0.6 is 15.9 Å². The first-order valence-corrected chi connectivity index (χ1v) is 7.33. The fourth-order valence-electron chi connectivity index (χ4n) is 2.11. The average Bonchev–Trinajstić information content (AvgIpc) is 3.03. The highest BCUT2D eigenvalue weighted by atomic mass is 79.9. The van der Waals surface area contributed by atoms with Crippen molar-refractivity contribution >= 4 is 21.6 Å². The Bertz CT molecular complexity index is 741. The summed E-state index contributed by atoms with van der Waals surface area (Å²) in [7, 11) is 0. The molecule has 5 heteroatoms. The summed E-state index contributed by atoms with van der Waals surface area (Å²) in [6.07, 6.45) is 1.73. The van der Waals surface area contributed by atoms with Crippen molar-refractivity contribution in [1.82, 2.24) is 10.2 Å². The molecule has 0 fully saturated rings. The molecule has 0 aliphatic rings. The maximum Gasteiger partial charge on any atom is 0.120 e. The maximum absolute atomic E-state index is 9.84. The number of anilines is 1. The summed E-state index contributed by atoms with van der Waals surface area (Å²) in [5.74, 6) is 0.287. The Hall–Kier alpha value is -2.27. The van der Waals surface area contributed by atoms with Gasteiger partial charge in [-0.05, 0) is 36.4 Å². The lowest BCUT2D eigenvalue weighted by molar-refractivity contribution is 0.469. The quantitative estimate of drug-likeness (QED) is 0.666. The number of rotatable bonds is 4. The van der Waals surface area contributed by atoms with Gasteiger partial charge >= 0.3 is 0 Å². The standard InChI is InChI=1S/C16H14BrN3O/c17-13-4-5-16(21)12(8-13)10-18-14-3-1-2-11(9-14)15-6-7-19-20-15/h1-9,18,21H,10H2,(H,19,20). The molecule has 0 unspecified atom stereocenters. The van der Waals surface area contributed by atoms with E-state index in [-0.39, 0.29) is 5.75 Å². The van der Waals surface area contributed by atoms with Crippen LogP contribution in [-0.2, 0) is 6.54 Å². The monoisotopic (exact) mass is 343 g/mol. The van der Waals surface area contributed by atoms with E-state index in [9.17, 15) is 5.11 Å². The van der Waals surface area contributed by atoms with Crippen LogP contribution in [-0.4, -0.2) is 15.3 Å². The number of aromatic nitrogens is 2. The molecule has 2 aromatic carbocycles. The van der Waals surface area contributed by atoms with Crippen LogP contribution in [0.2, 0.25) is 0 Å². The Labute approximate surface area is 131 Å². The molecular weight excluding hydrogens is 330 g/mol. The molecule has 0 radical (unpaired) electrons. The van der Waals surface area contributed by atoms with Gasteiger partial charge in [-0.1, -0.05) is 28.1 Å². The molecule has 0 bridgehead atoms. The highest BCUT2D eigenvalue weighted by Gasteiger charge is 2.03. The third-order valence-electron chi connectivity index (χ3n) is 3.20. The van der Waals surface area contributed by atoms with Gasteiger partial charge in [0, 0.05) is 34.0 Å². The number of aromatic amines is 1. The molecule has 0 saturated heterocycles. The van der Waals surface area contributed by atoms with Crippen LogP contribution in [0.3, 0.4) is 0 Å². The first kappa shape index (κ1) is 13.7. The molecule has 0 aliphatic heterocycles. The van der Waals surface area contributed by atoms with E-state index in [4.69, 9.17) is 0 Å².